The number of phenolic OH excluding ortho intramolecular Hbond substituents is 1. The Balaban J connectivity index is 1.22. The third kappa shape index (κ3) is 13.3. The van der Waals surface area contributed by atoms with E-state index >= 15 is 0 Å². The van der Waals surface area contributed by atoms with Gasteiger partial charge >= 0.3 is 23.9 Å². The van der Waals surface area contributed by atoms with Crippen LogP contribution in [0.5, 0.6) is 28.7 Å². The molecule has 0 fully saturated rings. The average Bonchev–Trinajstić information content (AvgIpc) is 3.18. The van der Waals surface area contributed by atoms with E-state index in [1.807, 2.05) is 0 Å². The minimum absolute atomic E-state index is 0.128. The highest BCUT2D eigenvalue weighted by molar-refractivity contribution is 6.33. The molecule has 1 N–H and O–H groups in total. The number of aliphatic imine (C=N–C) groups is 1. The van der Waals surface area contributed by atoms with Gasteiger partial charge in [-0.2, -0.15) is 0 Å². The Bertz CT molecular complexity index is 1940. The Labute approximate surface area is 317 Å². The Morgan fingerprint density at radius 2 is 1.09 bits per heavy atom. The molecule has 54 heavy (non-hydrogen) atoms. The number of aromatic hydroxyl groups is 1. The second-order valence-corrected chi connectivity index (χ2v) is 11.7. The number of rotatable bonds is 20. The lowest BCUT2D eigenvalue weighted by molar-refractivity contribution is -0.138. The average molecular weight is 756 g/mol. The minimum atomic E-state index is -0.714. The van der Waals surface area contributed by atoms with Crippen LogP contribution >= 0.6 is 11.6 Å². The molecule has 0 saturated carbocycles. The van der Waals surface area contributed by atoms with Gasteiger partial charge in [0.25, 0.3) is 0 Å². The van der Waals surface area contributed by atoms with E-state index in [9.17, 15) is 24.3 Å². The number of nitrogens with zero attached hydrogens (tertiary/aromatic N) is 1. The minimum Gasteiger partial charge on any atom is -0.504 e. The van der Waals surface area contributed by atoms with E-state index in [0.717, 1.165) is 12.2 Å². The van der Waals surface area contributed by atoms with Crippen molar-refractivity contribution in [2.24, 2.45) is 4.99 Å². The summed E-state index contributed by atoms with van der Waals surface area (Å²) in [4.78, 5) is 51.8. The van der Waals surface area contributed by atoms with E-state index in [0.29, 0.717) is 73.9 Å². The number of benzene rings is 4. The molecule has 0 amide bonds. The van der Waals surface area contributed by atoms with Crippen LogP contribution < -0.4 is 18.9 Å². The molecular formula is C41H38ClNO11. The second-order valence-electron chi connectivity index (χ2n) is 11.3. The Kier molecular flexibility index (Phi) is 15.9. The van der Waals surface area contributed by atoms with Crippen molar-refractivity contribution in [1.82, 2.24) is 0 Å². The van der Waals surface area contributed by atoms with Gasteiger partial charge in [0, 0.05) is 30.5 Å². The fraction of sp³-hybridized carbons (Fsp3) is 0.195. The number of hydrogen-bond acceptors (Lipinski definition) is 12. The van der Waals surface area contributed by atoms with Crippen molar-refractivity contribution in [1.29, 1.82) is 0 Å². The molecule has 0 bridgehead atoms. The maximum absolute atomic E-state index is 12.7. The summed E-state index contributed by atoms with van der Waals surface area (Å²) in [6, 6.07) is 22.0. The lowest BCUT2D eigenvalue weighted by Crippen LogP contribution is -2.09. The van der Waals surface area contributed by atoms with Crippen LogP contribution in [0.1, 0.15) is 52.0 Å². The van der Waals surface area contributed by atoms with Gasteiger partial charge in [0.1, 0.15) is 17.2 Å². The SMILES string of the molecule is C=CC(=O)OCCCCOc1ccc(C(=O)Oc2ccc(C=Nc3cc(O)c(OC(=O)c4ccc(OCCCCOC(=O)C=C)cc4)cc3Cl)cc2)cc1. The molecule has 4 aromatic rings. The molecule has 12 nitrogen and oxygen atoms in total. The van der Waals surface area contributed by atoms with Crippen molar-refractivity contribution in [2.75, 3.05) is 26.4 Å². The van der Waals surface area contributed by atoms with Gasteiger partial charge in [-0.25, -0.2) is 19.2 Å². The largest absolute Gasteiger partial charge is 0.504 e. The molecule has 4 aromatic carbocycles. The van der Waals surface area contributed by atoms with Crippen LogP contribution in [0.25, 0.3) is 0 Å². The number of esters is 4. The molecule has 0 aliphatic rings. The Hall–Kier alpha value is -6.40. The van der Waals surface area contributed by atoms with Crippen LogP contribution in [-0.2, 0) is 19.1 Å². The van der Waals surface area contributed by atoms with Gasteiger partial charge in [-0.15, -0.1) is 0 Å². The third-order valence-corrected chi connectivity index (χ3v) is 7.59. The van der Waals surface area contributed by atoms with Crippen LogP contribution in [0.2, 0.25) is 5.02 Å². The monoisotopic (exact) mass is 755 g/mol. The predicted octanol–water partition coefficient (Wildman–Crippen LogP) is 8.01. The lowest BCUT2D eigenvalue weighted by atomic mass is 10.2. The number of halogens is 1. The van der Waals surface area contributed by atoms with E-state index < -0.39 is 23.9 Å². The molecule has 0 saturated heterocycles. The molecule has 0 aliphatic carbocycles. The molecule has 0 spiro atoms. The number of phenols is 1. The third-order valence-electron chi connectivity index (χ3n) is 7.29. The molecule has 0 atom stereocenters. The zero-order chi connectivity index (χ0) is 38.7. The summed E-state index contributed by atoms with van der Waals surface area (Å²) in [6.07, 6.45) is 6.36. The fourth-order valence-corrected chi connectivity index (χ4v) is 4.63. The second kappa shape index (κ2) is 21.2. The van der Waals surface area contributed by atoms with Crippen molar-refractivity contribution in [3.05, 3.63) is 132 Å². The van der Waals surface area contributed by atoms with E-state index in [1.54, 1.807) is 60.7 Å². The first kappa shape index (κ1) is 40.4. The van der Waals surface area contributed by atoms with Crippen molar-refractivity contribution < 1.29 is 52.7 Å². The van der Waals surface area contributed by atoms with Crippen molar-refractivity contribution in [3.63, 3.8) is 0 Å². The zero-order valence-corrected chi connectivity index (χ0v) is 30.0. The molecule has 13 heteroatoms. The van der Waals surface area contributed by atoms with Gasteiger partial charge in [-0.05, 0) is 104 Å². The predicted molar refractivity (Wildman–Crippen MR) is 201 cm³/mol. The summed E-state index contributed by atoms with van der Waals surface area (Å²) in [5.41, 5.74) is 1.45. The van der Waals surface area contributed by atoms with Crippen LogP contribution in [0, 0.1) is 0 Å². The van der Waals surface area contributed by atoms with Crippen molar-refractivity contribution in [2.45, 2.75) is 25.7 Å². The number of ether oxygens (including phenoxy) is 6. The molecular weight excluding hydrogens is 718 g/mol. The molecule has 0 aromatic heterocycles. The topological polar surface area (TPSA) is 156 Å². The van der Waals surface area contributed by atoms with Crippen LogP contribution in [0.3, 0.4) is 0 Å². The summed E-state index contributed by atoms with van der Waals surface area (Å²) in [5.74, 6) is -1.22. The first-order valence-corrected chi connectivity index (χ1v) is 17.2. The molecule has 0 aliphatic heterocycles. The Morgan fingerprint density at radius 1 is 0.630 bits per heavy atom. The highest BCUT2D eigenvalue weighted by atomic mass is 35.5. The van der Waals surface area contributed by atoms with Crippen LogP contribution in [-0.4, -0.2) is 61.6 Å². The summed E-state index contributed by atoms with van der Waals surface area (Å²) >= 11 is 6.38. The molecule has 0 radical (unpaired) electrons. The first-order valence-electron chi connectivity index (χ1n) is 16.8. The number of unbranched alkanes of at least 4 members (excludes halogenated alkanes) is 2. The van der Waals surface area contributed by atoms with E-state index in [-0.39, 0.29) is 34.4 Å². The number of hydrogen-bond donors (Lipinski definition) is 1. The van der Waals surface area contributed by atoms with Gasteiger partial charge < -0.3 is 33.5 Å². The first-order chi connectivity index (χ1) is 26.1. The van der Waals surface area contributed by atoms with Gasteiger partial charge in [-0.1, -0.05) is 24.8 Å². The van der Waals surface area contributed by atoms with E-state index in [4.69, 9.17) is 40.0 Å². The molecule has 280 valence electrons. The van der Waals surface area contributed by atoms with Crippen LogP contribution in [0.4, 0.5) is 5.69 Å². The number of carbonyl (C=O) groups excluding carboxylic acids is 4. The van der Waals surface area contributed by atoms with E-state index in [2.05, 4.69) is 18.2 Å². The quantitative estimate of drug-likeness (QED) is 0.0306. The lowest BCUT2D eigenvalue weighted by Gasteiger charge is -2.10. The summed E-state index contributed by atoms with van der Waals surface area (Å²) < 4.78 is 32.0. The van der Waals surface area contributed by atoms with E-state index in [1.165, 1.54) is 30.5 Å². The summed E-state index contributed by atoms with van der Waals surface area (Å²) in [7, 11) is 0. The maximum atomic E-state index is 12.7. The molecule has 0 heterocycles. The van der Waals surface area contributed by atoms with Gasteiger partial charge in [0.15, 0.2) is 11.5 Å². The van der Waals surface area contributed by atoms with Crippen molar-refractivity contribution >= 4 is 47.4 Å². The molecule has 4 rings (SSSR count). The molecule has 0 unspecified atom stereocenters. The number of carbonyl (C=O) groups is 4. The standard InChI is InChI=1S/C41H38ClNO11/c1-3-38(45)51-23-7-5-21-49-31-17-11-29(12-18-31)40(47)53-33-15-9-28(10-16-33)27-43-35-26-36(44)37(25-34(35)42)54-41(48)30-13-19-32(20-14-30)50-22-6-8-24-52-39(46)4-2/h3-4,9-20,25-27,44H,1-2,5-8,21-24H2. The zero-order valence-electron chi connectivity index (χ0n) is 29.2. The summed E-state index contributed by atoms with van der Waals surface area (Å²) in [5, 5.41) is 10.7. The van der Waals surface area contributed by atoms with Crippen LogP contribution in [0.15, 0.2) is 115 Å². The maximum Gasteiger partial charge on any atom is 0.343 e. The highest BCUT2D eigenvalue weighted by Crippen LogP contribution is 2.37. The van der Waals surface area contributed by atoms with Gasteiger partial charge in [0.2, 0.25) is 0 Å². The fourth-order valence-electron chi connectivity index (χ4n) is 4.43. The summed E-state index contributed by atoms with van der Waals surface area (Å²) in [6.45, 7) is 8.07. The highest BCUT2D eigenvalue weighted by Gasteiger charge is 2.15. The van der Waals surface area contributed by atoms with Gasteiger partial charge in [0.05, 0.1) is 48.3 Å². The van der Waals surface area contributed by atoms with Gasteiger partial charge in [-0.3, -0.25) is 4.99 Å². The Morgan fingerprint density at radius 3 is 1.59 bits per heavy atom. The normalized spacial score (nSPS) is 10.6. The smallest absolute Gasteiger partial charge is 0.343 e. The van der Waals surface area contributed by atoms with Crippen molar-refractivity contribution in [3.8, 4) is 28.7 Å².